The summed E-state index contributed by atoms with van der Waals surface area (Å²) in [4.78, 5) is 25.4. The minimum atomic E-state index is 0.0924. The molecule has 176 valence electrons. The molecule has 1 atom stereocenters. The van der Waals surface area contributed by atoms with Gasteiger partial charge in [0.1, 0.15) is 4.83 Å². The number of benzene rings is 1. The molecule has 1 fully saturated rings. The van der Waals surface area contributed by atoms with Crippen molar-refractivity contribution >= 4 is 33.2 Å². The van der Waals surface area contributed by atoms with Crippen LogP contribution >= 0.6 is 22.9 Å². The van der Waals surface area contributed by atoms with Crippen molar-refractivity contribution in [2.75, 3.05) is 46.4 Å². The number of thiophene rings is 1. The Balaban J connectivity index is 1.29. The Morgan fingerprint density at radius 1 is 1.18 bits per heavy atom. The van der Waals surface area contributed by atoms with E-state index in [9.17, 15) is 4.79 Å². The van der Waals surface area contributed by atoms with E-state index in [0.717, 1.165) is 85.8 Å². The van der Waals surface area contributed by atoms with E-state index < -0.39 is 0 Å². The maximum Gasteiger partial charge on any atom is 0.262 e. The van der Waals surface area contributed by atoms with Crippen LogP contribution in [0.15, 0.2) is 35.4 Å². The monoisotopic (exact) mass is 486 g/mol. The molecule has 1 unspecified atom stereocenters. The molecule has 2 aromatic heterocycles. The van der Waals surface area contributed by atoms with Crippen LogP contribution in [0.3, 0.4) is 0 Å². The standard InChI is InChI=1S/C25H31ClN4O2S/c1-32-15-14-28-10-12-29(13-11-28)19-6-7-20-22(16-19)33-24-23(20)25(31)30(17-27-24)9-8-18-4-2-3-5-21(18)26/h2-5,17,19H,6-16H2,1H3. The van der Waals surface area contributed by atoms with Gasteiger partial charge >= 0.3 is 0 Å². The van der Waals surface area contributed by atoms with Crippen molar-refractivity contribution in [1.29, 1.82) is 0 Å². The molecule has 3 aromatic rings. The van der Waals surface area contributed by atoms with Crippen molar-refractivity contribution in [3.8, 4) is 0 Å². The Morgan fingerprint density at radius 3 is 2.79 bits per heavy atom. The van der Waals surface area contributed by atoms with Gasteiger partial charge in [0.05, 0.1) is 18.3 Å². The lowest BCUT2D eigenvalue weighted by Gasteiger charge is -2.40. The summed E-state index contributed by atoms with van der Waals surface area (Å²) in [6.45, 7) is 6.85. The molecule has 33 heavy (non-hydrogen) atoms. The van der Waals surface area contributed by atoms with E-state index in [1.165, 1.54) is 10.4 Å². The summed E-state index contributed by atoms with van der Waals surface area (Å²) in [6, 6.07) is 8.39. The fourth-order valence-electron chi connectivity index (χ4n) is 5.17. The highest BCUT2D eigenvalue weighted by Crippen LogP contribution is 2.35. The second-order valence-electron chi connectivity index (χ2n) is 9.04. The van der Waals surface area contributed by atoms with Gasteiger partial charge in [-0.15, -0.1) is 11.3 Å². The third-order valence-electron chi connectivity index (χ3n) is 7.12. The van der Waals surface area contributed by atoms with Crippen LogP contribution in [0.25, 0.3) is 10.2 Å². The Hall–Kier alpha value is -1.77. The Labute approximate surface area is 203 Å². The number of halogens is 1. The first-order chi connectivity index (χ1) is 16.1. The Kier molecular flexibility index (Phi) is 7.13. The third-order valence-corrected chi connectivity index (χ3v) is 8.66. The van der Waals surface area contributed by atoms with Crippen molar-refractivity contribution < 1.29 is 4.74 Å². The van der Waals surface area contributed by atoms with Crippen LogP contribution in [0.4, 0.5) is 0 Å². The van der Waals surface area contributed by atoms with Gasteiger partial charge in [0.25, 0.3) is 5.56 Å². The quantitative estimate of drug-likeness (QED) is 0.511. The number of aryl methyl sites for hydroxylation is 3. The molecule has 1 saturated heterocycles. The molecule has 0 N–H and O–H groups in total. The number of ether oxygens (including phenoxy) is 1. The molecule has 0 radical (unpaired) electrons. The fraction of sp³-hybridized carbons (Fsp3) is 0.520. The molecular formula is C25H31ClN4O2S. The molecule has 0 saturated carbocycles. The third kappa shape index (κ3) is 4.88. The van der Waals surface area contributed by atoms with Crippen LogP contribution in [0.2, 0.25) is 5.02 Å². The van der Waals surface area contributed by atoms with Crippen molar-refractivity contribution in [3.63, 3.8) is 0 Å². The smallest absolute Gasteiger partial charge is 0.262 e. The average Bonchev–Trinajstić information content (AvgIpc) is 3.22. The van der Waals surface area contributed by atoms with E-state index in [-0.39, 0.29) is 5.56 Å². The van der Waals surface area contributed by atoms with Gasteiger partial charge in [-0.25, -0.2) is 4.98 Å². The molecule has 3 heterocycles. The summed E-state index contributed by atoms with van der Waals surface area (Å²) in [5.41, 5.74) is 2.40. The molecule has 1 aromatic carbocycles. The van der Waals surface area contributed by atoms with Crippen molar-refractivity contribution in [1.82, 2.24) is 19.4 Å². The summed E-state index contributed by atoms with van der Waals surface area (Å²) in [5, 5.41) is 1.59. The molecular weight excluding hydrogens is 456 g/mol. The lowest BCUT2D eigenvalue weighted by molar-refractivity contribution is 0.0707. The van der Waals surface area contributed by atoms with Gasteiger partial charge in [0, 0.05) is 62.3 Å². The predicted octanol–water partition coefficient (Wildman–Crippen LogP) is 3.48. The van der Waals surface area contributed by atoms with Gasteiger partial charge in [0.15, 0.2) is 0 Å². The number of hydrogen-bond donors (Lipinski definition) is 0. The SMILES string of the molecule is COCCN1CCN(C2CCc3c(sc4ncn(CCc5ccccc5Cl)c(=O)c34)C2)CC1. The van der Waals surface area contributed by atoms with Gasteiger partial charge in [0.2, 0.25) is 0 Å². The summed E-state index contributed by atoms with van der Waals surface area (Å²) >= 11 is 8.02. The average molecular weight is 487 g/mol. The number of piperazine rings is 1. The minimum absolute atomic E-state index is 0.0924. The first kappa shape index (κ1) is 23.0. The van der Waals surface area contributed by atoms with Crippen molar-refractivity contribution in [2.24, 2.45) is 0 Å². The lowest BCUT2D eigenvalue weighted by Crippen LogP contribution is -2.52. The van der Waals surface area contributed by atoms with Crippen molar-refractivity contribution in [2.45, 2.75) is 38.3 Å². The Morgan fingerprint density at radius 2 is 2.00 bits per heavy atom. The van der Waals surface area contributed by atoms with Gasteiger partial charge in [-0.2, -0.15) is 0 Å². The zero-order chi connectivity index (χ0) is 22.8. The van der Waals surface area contributed by atoms with E-state index in [2.05, 4.69) is 14.8 Å². The fourth-order valence-corrected chi connectivity index (χ4v) is 6.65. The molecule has 0 amide bonds. The molecule has 0 bridgehead atoms. The van der Waals surface area contributed by atoms with Crippen LogP contribution < -0.4 is 5.56 Å². The molecule has 6 nitrogen and oxygen atoms in total. The highest BCUT2D eigenvalue weighted by Gasteiger charge is 2.30. The van der Waals surface area contributed by atoms with Crippen LogP contribution in [-0.4, -0.2) is 71.8 Å². The maximum atomic E-state index is 13.3. The summed E-state index contributed by atoms with van der Waals surface area (Å²) in [7, 11) is 1.77. The highest BCUT2D eigenvalue weighted by molar-refractivity contribution is 7.18. The second kappa shape index (κ2) is 10.2. The molecule has 0 spiro atoms. The lowest BCUT2D eigenvalue weighted by atomic mass is 9.91. The number of aromatic nitrogens is 2. The van der Waals surface area contributed by atoms with Gasteiger partial charge in [-0.05, 0) is 42.9 Å². The number of nitrogens with zero attached hydrogens (tertiary/aromatic N) is 4. The van der Waals surface area contributed by atoms with E-state index in [1.54, 1.807) is 29.3 Å². The summed E-state index contributed by atoms with van der Waals surface area (Å²) in [6.07, 6.45) is 5.55. The number of fused-ring (bicyclic) bond motifs is 3. The van der Waals surface area contributed by atoms with Crippen LogP contribution in [0.5, 0.6) is 0 Å². The van der Waals surface area contributed by atoms with E-state index in [1.807, 2.05) is 24.3 Å². The first-order valence-electron chi connectivity index (χ1n) is 11.8. The van der Waals surface area contributed by atoms with Gasteiger partial charge in [-0.1, -0.05) is 29.8 Å². The van der Waals surface area contributed by atoms with Crippen LogP contribution in [-0.2, 0) is 30.5 Å². The largest absolute Gasteiger partial charge is 0.383 e. The predicted molar refractivity (Wildman–Crippen MR) is 135 cm³/mol. The molecule has 5 rings (SSSR count). The molecule has 2 aliphatic rings. The van der Waals surface area contributed by atoms with Crippen LogP contribution in [0.1, 0.15) is 22.4 Å². The zero-order valence-corrected chi connectivity index (χ0v) is 20.7. The maximum absolute atomic E-state index is 13.3. The van der Waals surface area contributed by atoms with E-state index >= 15 is 0 Å². The first-order valence-corrected chi connectivity index (χ1v) is 13.0. The normalized spacial score (nSPS) is 19.8. The summed E-state index contributed by atoms with van der Waals surface area (Å²) in [5.74, 6) is 0. The second-order valence-corrected chi connectivity index (χ2v) is 10.5. The van der Waals surface area contributed by atoms with Crippen LogP contribution in [0, 0.1) is 0 Å². The summed E-state index contributed by atoms with van der Waals surface area (Å²) < 4.78 is 6.98. The molecule has 1 aliphatic heterocycles. The molecule has 8 heteroatoms. The van der Waals surface area contributed by atoms with Crippen molar-refractivity contribution in [3.05, 3.63) is 62.0 Å². The highest BCUT2D eigenvalue weighted by atomic mass is 35.5. The Bertz CT molecular complexity index is 1170. The number of hydrogen-bond acceptors (Lipinski definition) is 6. The van der Waals surface area contributed by atoms with E-state index in [0.29, 0.717) is 12.6 Å². The van der Waals surface area contributed by atoms with Gasteiger partial charge in [-0.3, -0.25) is 19.2 Å². The minimum Gasteiger partial charge on any atom is -0.383 e. The van der Waals surface area contributed by atoms with E-state index in [4.69, 9.17) is 16.3 Å². The zero-order valence-electron chi connectivity index (χ0n) is 19.1. The number of rotatable bonds is 7. The molecule has 1 aliphatic carbocycles. The topological polar surface area (TPSA) is 50.6 Å². The number of methoxy groups -OCH3 is 1. The van der Waals surface area contributed by atoms with Gasteiger partial charge < -0.3 is 4.74 Å².